The molecule has 2 bridgehead atoms. The lowest BCUT2D eigenvalue weighted by molar-refractivity contribution is -0.148. The molecule has 4 heterocycles. The van der Waals surface area contributed by atoms with Gasteiger partial charge in [0.15, 0.2) is 17.3 Å². The lowest BCUT2D eigenvalue weighted by Gasteiger charge is -2.47. The van der Waals surface area contributed by atoms with Crippen molar-refractivity contribution in [3.63, 3.8) is 0 Å². The van der Waals surface area contributed by atoms with Crippen molar-refractivity contribution in [3.8, 4) is 28.7 Å². The molecule has 182 valence electrons. The number of carbonyl (C=O) groups is 1. The van der Waals surface area contributed by atoms with Crippen molar-refractivity contribution in [3.05, 3.63) is 47.3 Å². The van der Waals surface area contributed by atoms with Gasteiger partial charge in [0.05, 0.1) is 35.2 Å². The van der Waals surface area contributed by atoms with Gasteiger partial charge in [-0.1, -0.05) is 11.6 Å². The van der Waals surface area contributed by atoms with Crippen LogP contribution in [0.4, 0.5) is 10.2 Å². The van der Waals surface area contributed by atoms with Crippen molar-refractivity contribution in [2.45, 2.75) is 31.7 Å². The number of rotatable bonds is 5. The maximum Gasteiger partial charge on any atom is 0.308 e. The first-order chi connectivity index (χ1) is 17.5. The van der Waals surface area contributed by atoms with E-state index in [1.165, 1.54) is 12.5 Å². The molecule has 0 amide bonds. The average Bonchev–Trinajstić information content (AvgIpc) is 3.55. The van der Waals surface area contributed by atoms with Gasteiger partial charge < -0.3 is 19.8 Å². The summed E-state index contributed by atoms with van der Waals surface area (Å²) in [6, 6.07) is 4.73. The number of nitrogens with one attached hydrogen (secondary N) is 2. The zero-order chi connectivity index (χ0) is 25.0. The number of halogens is 2. The van der Waals surface area contributed by atoms with E-state index in [0.717, 1.165) is 25.7 Å². The summed E-state index contributed by atoms with van der Waals surface area (Å²) in [5.74, 6) is -2.20. The van der Waals surface area contributed by atoms with Gasteiger partial charge in [0, 0.05) is 17.8 Å². The fourth-order valence-electron chi connectivity index (χ4n) is 5.84. The number of hydrogen-bond donors (Lipinski definition) is 3. The number of aromatic nitrogens is 4. The molecule has 0 unspecified atom stereocenters. The van der Waals surface area contributed by atoms with Crippen molar-refractivity contribution >= 4 is 34.6 Å². The number of aliphatic carboxylic acids is 1. The standard InChI is InChI=1S/C25H20ClFN6O3/c26-16-10-30-24-22(31-16)14(9-29-24)21-13(8-28)18(15-2-1-7-36-15)19(27)23(33-21)32-20-12-5-3-11(4-6-12)17(20)25(34)35/h1-2,7,9-12,17,20H,3-6H2,(H,29,30)(H,32,33)(H,34,35)/t11?,12?,17-,20-/m1/s1. The van der Waals surface area contributed by atoms with E-state index in [2.05, 4.69) is 31.3 Å². The molecular weight excluding hydrogens is 487 g/mol. The lowest BCUT2D eigenvalue weighted by atomic mass is 9.61. The predicted molar refractivity (Wildman–Crippen MR) is 128 cm³/mol. The first-order valence-corrected chi connectivity index (χ1v) is 12.0. The molecule has 3 fully saturated rings. The minimum atomic E-state index is -0.899. The van der Waals surface area contributed by atoms with Crippen LogP contribution in [-0.4, -0.2) is 37.1 Å². The summed E-state index contributed by atoms with van der Waals surface area (Å²) in [4.78, 5) is 28.2. The summed E-state index contributed by atoms with van der Waals surface area (Å²) in [7, 11) is 0. The van der Waals surface area contributed by atoms with E-state index in [-0.39, 0.29) is 45.4 Å². The van der Waals surface area contributed by atoms with E-state index in [4.69, 9.17) is 16.0 Å². The number of carboxylic acids is 1. The third kappa shape index (κ3) is 3.50. The number of furan rings is 1. The molecule has 4 aromatic rings. The van der Waals surface area contributed by atoms with Gasteiger partial charge in [-0.2, -0.15) is 5.26 Å². The van der Waals surface area contributed by atoms with E-state index < -0.39 is 23.7 Å². The number of pyridine rings is 1. The highest BCUT2D eigenvalue weighted by molar-refractivity contribution is 6.29. The van der Waals surface area contributed by atoms with E-state index in [0.29, 0.717) is 16.7 Å². The molecule has 0 aromatic carbocycles. The van der Waals surface area contributed by atoms with Gasteiger partial charge in [0.25, 0.3) is 0 Å². The van der Waals surface area contributed by atoms with Crippen LogP contribution in [0.5, 0.6) is 0 Å². The van der Waals surface area contributed by atoms with E-state index in [1.54, 1.807) is 18.3 Å². The fraction of sp³-hybridized carbons (Fsp3) is 0.320. The Kier molecular flexibility index (Phi) is 5.38. The highest BCUT2D eigenvalue weighted by atomic mass is 35.5. The number of H-pyrrole nitrogens is 1. The molecule has 9 nitrogen and oxygen atoms in total. The predicted octanol–water partition coefficient (Wildman–Crippen LogP) is 5.25. The molecule has 0 aliphatic heterocycles. The van der Waals surface area contributed by atoms with Gasteiger partial charge in [-0.15, -0.1) is 0 Å². The Hall–Kier alpha value is -3.97. The molecule has 36 heavy (non-hydrogen) atoms. The Morgan fingerprint density at radius 2 is 2.06 bits per heavy atom. The number of nitrogens with zero attached hydrogens (tertiary/aromatic N) is 4. The van der Waals surface area contributed by atoms with Crippen molar-refractivity contribution in [2.75, 3.05) is 5.32 Å². The van der Waals surface area contributed by atoms with E-state index in [9.17, 15) is 15.2 Å². The van der Waals surface area contributed by atoms with Crippen LogP contribution < -0.4 is 5.32 Å². The van der Waals surface area contributed by atoms with Crippen molar-refractivity contribution in [1.82, 2.24) is 19.9 Å². The van der Waals surface area contributed by atoms with Crippen molar-refractivity contribution < 1.29 is 18.7 Å². The van der Waals surface area contributed by atoms with E-state index >= 15 is 4.39 Å². The first kappa shape index (κ1) is 22.5. The molecule has 11 heteroatoms. The van der Waals surface area contributed by atoms with Crippen LogP contribution in [0.1, 0.15) is 31.2 Å². The molecule has 2 atom stereocenters. The minimum absolute atomic E-state index is 0.0292. The smallest absolute Gasteiger partial charge is 0.308 e. The monoisotopic (exact) mass is 506 g/mol. The van der Waals surface area contributed by atoms with Crippen LogP contribution in [0, 0.1) is 34.9 Å². The molecule has 0 radical (unpaired) electrons. The maximum absolute atomic E-state index is 16.1. The van der Waals surface area contributed by atoms with Gasteiger partial charge in [-0.05, 0) is 49.7 Å². The highest BCUT2D eigenvalue weighted by Gasteiger charge is 2.47. The van der Waals surface area contributed by atoms with Crippen LogP contribution in [-0.2, 0) is 4.79 Å². The Balaban J connectivity index is 1.56. The number of carboxylic acid groups (broad SMARTS) is 1. The molecule has 3 saturated carbocycles. The zero-order valence-electron chi connectivity index (χ0n) is 18.8. The number of fused-ring (bicyclic) bond motifs is 4. The quantitative estimate of drug-likeness (QED) is 0.333. The molecule has 3 aliphatic carbocycles. The summed E-state index contributed by atoms with van der Waals surface area (Å²) in [6.07, 6.45) is 7.80. The second-order valence-electron chi connectivity index (χ2n) is 9.26. The van der Waals surface area contributed by atoms with Gasteiger partial charge in [0.2, 0.25) is 0 Å². The SMILES string of the molecule is N#Cc1c(-c2c[nH]c3ncc(Cl)nc23)nc(N[C@@H]2C3CCC(CC3)[C@H]2C(=O)O)c(F)c1-c1ccco1. The molecule has 0 saturated heterocycles. The Morgan fingerprint density at radius 3 is 2.75 bits per heavy atom. The zero-order valence-corrected chi connectivity index (χ0v) is 19.6. The molecule has 7 rings (SSSR count). The van der Waals surface area contributed by atoms with Gasteiger partial charge >= 0.3 is 5.97 Å². The largest absolute Gasteiger partial charge is 0.481 e. The molecule has 0 spiro atoms. The van der Waals surface area contributed by atoms with Gasteiger partial charge in [0.1, 0.15) is 22.5 Å². The Bertz CT molecular complexity index is 1520. The highest BCUT2D eigenvalue weighted by Crippen LogP contribution is 2.47. The summed E-state index contributed by atoms with van der Waals surface area (Å²) in [5.41, 5.74) is 1.25. The minimum Gasteiger partial charge on any atom is -0.481 e. The number of hydrogen-bond acceptors (Lipinski definition) is 7. The van der Waals surface area contributed by atoms with Crippen molar-refractivity contribution in [2.24, 2.45) is 17.8 Å². The normalized spacial score (nSPS) is 23.0. The number of anilines is 1. The van der Waals surface area contributed by atoms with E-state index in [1.807, 2.05) is 0 Å². The number of nitriles is 1. The number of aromatic amines is 1. The topological polar surface area (TPSA) is 141 Å². The van der Waals surface area contributed by atoms with Crippen LogP contribution in [0.25, 0.3) is 33.7 Å². The fourth-order valence-corrected chi connectivity index (χ4v) is 5.97. The average molecular weight is 507 g/mol. The van der Waals surface area contributed by atoms with Gasteiger partial charge in [-0.25, -0.2) is 19.3 Å². The van der Waals surface area contributed by atoms with Gasteiger partial charge in [-0.3, -0.25) is 4.79 Å². The van der Waals surface area contributed by atoms with Crippen LogP contribution in [0.2, 0.25) is 5.15 Å². The summed E-state index contributed by atoms with van der Waals surface area (Å²) < 4.78 is 21.5. The maximum atomic E-state index is 16.1. The molecule has 3 N–H and O–H groups in total. The second-order valence-corrected chi connectivity index (χ2v) is 9.65. The Morgan fingerprint density at radius 1 is 1.28 bits per heavy atom. The third-order valence-electron chi connectivity index (χ3n) is 7.43. The van der Waals surface area contributed by atoms with Crippen LogP contribution >= 0.6 is 11.6 Å². The third-order valence-corrected chi connectivity index (χ3v) is 7.61. The second kappa shape index (κ2) is 8.60. The van der Waals surface area contributed by atoms with Crippen LogP contribution in [0.3, 0.4) is 0 Å². The molecular formula is C25H20ClFN6O3. The van der Waals surface area contributed by atoms with Crippen molar-refractivity contribution in [1.29, 1.82) is 5.26 Å². The van der Waals surface area contributed by atoms with Crippen LogP contribution in [0.15, 0.2) is 35.2 Å². The Labute approximate surface area is 209 Å². The first-order valence-electron chi connectivity index (χ1n) is 11.6. The summed E-state index contributed by atoms with van der Waals surface area (Å²) in [6.45, 7) is 0. The lowest BCUT2D eigenvalue weighted by Crippen LogP contribution is -2.51. The molecule has 4 aromatic heterocycles. The molecule has 3 aliphatic rings. The summed E-state index contributed by atoms with van der Waals surface area (Å²) >= 11 is 6.07. The summed E-state index contributed by atoms with van der Waals surface area (Å²) in [5, 5.41) is 23.3.